The fourth-order valence-electron chi connectivity index (χ4n) is 0.815. The summed E-state index contributed by atoms with van der Waals surface area (Å²) in [5, 5.41) is 17.3. The van der Waals surface area contributed by atoms with Crippen LogP contribution in [0.25, 0.3) is 0 Å². The van der Waals surface area contributed by atoms with E-state index >= 15 is 0 Å². The number of para-hydroxylation sites is 2. The van der Waals surface area contributed by atoms with E-state index in [0.29, 0.717) is 0 Å². The molecule has 15 heavy (non-hydrogen) atoms. The second-order valence-electron chi connectivity index (χ2n) is 3.07. The maximum Gasteiger partial charge on any atom is 0.157 e. The number of carbonyl (C=O) groups is 2. The molecule has 0 aliphatic carbocycles. The second-order valence-corrected chi connectivity index (χ2v) is 3.07. The van der Waals surface area contributed by atoms with Crippen LogP contribution in [-0.4, -0.2) is 21.8 Å². The monoisotopic (exact) mass is 210 g/mol. The zero-order valence-corrected chi connectivity index (χ0v) is 8.73. The van der Waals surface area contributed by atoms with Crippen molar-refractivity contribution in [2.75, 3.05) is 0 Å². The van der Waals surface area contributed by atoms with Crippen LogP contribution in [0.4, 0.5) is 0 Å². The van der Waals surface area contributed by atoms with Gasteiger partial charge >= 0.3 is 0 Å². The summed E-state index contributed by atoms with van der Waals surface area (Å²) in [6.45, 7) is 2.81. The summed E-state index contributed by atoms with van der Waals surface area (Å²) in [4.78, 5) is 20.1. The summed E-state index contributed by atoms with van der Waals surface area (Å²) in [5.41, 5.74) is 0. The number of phenols is 2. The number of hydrogen-bond acceptors (Lipinski definition) is 4. The highest BCUT2D eigenvalue weighted by Crippen LogP contribution is 2.21. The Bertz CT molecular complexity index is 311. The van der Waals surface area contributed by atoms with Gasteiger partial charge in [-0.1, -0.05) is 12.1 Å². The van der Waals surface area contributed by atoms with E-state index in [2.05, 4.69) is 0 Å². The number of ketones is 2. The normalized spacial score (nSPS) is 8.67. The van der Waals surface area contributed by atoms with Crippen LogP contribution in [0.5, 0.6) is 11.5 Å². The smallest absolute Gasteiger partial charge is 0.157 e. The molecule has 4 heteroatoms. The van der Waals surface area contributed by atoms with Gasteiger partial charge in [0.05, 0.1) is 6.42 Å². The lowest BCUT2D eigenvalue weighted by atomic mass is 10.2. The molecule has 0 aromatic heterocycles. The van der Waals surface area contributed by atoms with Crippen molar-refractivity contribution >= 4 is 11.6 Å². The van der Waals surface area contributed by atoms with E-state index in [1.807, 2.05) is 0 Å². The van der Waals surface area contributed by atoms with Gasteiger partial charge in [-0.2, -0.15) is 0 Å². The Balaban J connectivity index is 0.000000265. The first-order chi connectivity index (χ1) is 6.93. The molecule has 1 aromatic carbocycles. The van der Waals surface area contributed by atoms with E-state index in [9.17, 15) is 9.59 Å². The van der Waals surface area contributed by atoms with E-state index in [4.69, 9.17) is 10.2 Å². The van der Waals surface area contributed by atoms with Gasteiger partial charge in [-0.25, -0.2) is 0 Å². The summed E-state index contributed by atoms with van der Waals surface area (Å²) in [6.07, 6.45) is 0.0833. The molecule has 0 aliphatic rings. The van der Waals surface area contributed by atoms with Gasteiger partial charge in [-0.3, -0.25) is 9.59 Å². The molecule has 1 aromatic rings. The minimum absolute atomic E-state index is 0.0625. The Kier molecular flexibility index (Phi) is 5.78. The van der Waals surface area contributed by atoms with Crippen LogP contribution in [0, 0.1) is 0 Å². The maximum atomic E-state index is 10.0. The molecule has 0 heterocycles. The predicted molar refractivity (Wildman–Crippen MR) is 55.8 cm³/mol. The van der Waals surface area contributed by atoms with Gasteiger partial charge in [-0.05, 0) is 26.0 Å². The quantitative estimate of drug-likeness (QED) is 0.575. The Hall–Kier alpha value is -1.84. The summed E-state index contributed by atoms with van der Waals surface area (Å²) in [5.74, 6) is -0.278. The van der Waals surface area contributed by atoms with Gasteiger partial charge in [0.25, 0.3) is 0 Å². The molecule has 2 N–H and O–H groups in total. The van der Waals surface area contributed by atoms with Crippen LogP contribution in [0.3, 0.4) is 0 Å². The highest BCUT2D eigenvalue weighted by atomic mass is 16.3. The van der Waals surface area contributed by atoms with Crippen molar-refractivity contribution < 1.29 is 19.8 Å². The van der Waals surface area contributed by atoms with E-state index in [0.717, 1.165) is 0 Å². The fourth-order valence-corrected chi connectivity index (χ4v) is 0.815. The first-order valence-corrected chi connectivity index (χ1v) is 4.39. The molecule has 0 saturated carbocycles. The number of Topliss-reactive ketones (excluding diaryl/α,β-unsaturated/α-hetero) is 2. The maximum absolute atomic E-state index is 10.0. The molecule has 0 bridgehead atoms. The lowest BCUT2D eigenvalue weighted by Crippen LogP contribution is -1.97. The lowest BCUT2D eigenvalue weighted by molar-refractivity contribution is -0.124. The third-order valence-electron chi connectivity index (χ3n) is 1.38. The highest BCUT2D eigenvalue weighted by molar-refractivity contribution is 5.96. The van der Waals surface area contributed by atoms with Gasteiger partial charge in [0.1, 0.15) is 11.6 Å². The standard InChI is InChI=1S/C6H6O2.C5H8O2/c7-5-3-1-2-4-6(5)8;1-4(6)3-5(2)7/h1-4,7-8H;3H2,1-2H3. The van der Waals surface area contributed by atoms with Crippen molar-refractivity contribution in [1.82, 2.24) is 0 Å². The molecule has 0 radical (unpaired) electrons. The van der Waals surface area contributed by atoms with Gasteiger partial charge in [0.2, 0.25) is 0 Å². The molecule has 0 amide bonds. The molecule has 4 nitrogen and oxygen atoms in total. The molecule has 0 aliphatic heterocycles. The van der Waals surface area contributed by atoms with Crippen LogP contribution >= 0.6 is 0 Å². The molecule has 0 unspecified atom stereocenters. The van der Waals surface area contributed by atoms with E-state index in [1.54, 1.807) is 12.1 Å². The van der Waals surface area contributed by atoms with Crippen molar-refractivity contribution in [3.05, 3.63) is 24.3 Å². The van der Waals surface area contributed by atoms with E-state index in [1.165, 1.54) is 26.0 Å². The third-order valence-corrected chi connectivity index (χ3v) is 1.38. The Morgan fingerprint density at radius 3 is 1.47 bits per heavy atom. The number of phenolic OH excluding ortho intramolecular Hbond substituents is 2. The molecular weight excluding hydrogens is 196 g/mol. The van der Waals surface area contributed by atoms with Crippen molar-refractivity contribution in [2.24, 2.45) is 0 Å². The summed E-state index contributed by atoms with van der Waals surface area (Å²) in [7, 11) is 0. The van der Waals surface area contributed by atoms with Crippen LogP contribution < -0.4 is 0 Å². The lowest BCUT2D eigenvalue weighted by Gasteiger charge is -1.91. The highest BCUT2D eigenvalue weighted by Gasteiger charge is 1.94. The van der Waals surface area contributed by atoms with Gasteiger partial charge in [0.15, 0.2) is 11.5 Å². The Labute approximate surface area is 88.2 Å². The number of carbonyl (C=O) groups excluding carboxylic acids is 2. The number of benzene rings is 1. The van der Waals surface area contributed by atoms with Crippen molar-refractivity contribution in [1.29, 1.82) is 0 Å². The number of rotatable bonds is 2. The first-order valence-electron chi connectivity index (χ1n) is 4.39. The average molecular weight is 210 g/mol. The van der Waals surface area contributed by atoms with Crippen LogP contribution in [0.1, 0.15) is 20.3 Å². The first kappa shape index (κ1) is 13.2. The van der Waals surface area contributed by atoms with E-state index in [-0.39, 0.29) is 29.5 Å². The van der Waals surface area contributed by atoms with Crippen LogP contribution in [0.2, 0.25) is 0 Å². The minimum atomic E-state index is -0.0764. The van der Waals surface area contributed by atoms with Crippen molar-refractivity contribution in [3.8, 4) is 11.5 Å². The predicted octanol–water partition coefficient (Wildman–Crippen LogP) is 1.65. The fraction of sp³-hybridized carbons (Fsp3) is 0.273. The molecule has 0 saturated heterocycles. The molecule has 82 valence electrons. The average Bonchev–Trinajstić information content (AvgIpc) is 2.08. The SMILES string of the molecule is CC(=O)CC(C)=O.Oc1ccccc1O. The summed E-state index contributed by atoms with van der Waals surface area (Å²) >= 11 is 0. The minimum Gasteiger partial charge on any atom is -0.504 e. The van der Waals surface area contributed by atoms with Gasteiger partial charge < -0.3 is 10.2 Å². The topological polar surface area (TPSA) is 74.6 Å². The summed E-state index contributed by atoms with van der Waals surface area (Å²) < 4.78 is 0. The zero-order valence-electron chi connectivity index (χ0n) is 8.73. The molecule has 0 spiro atoms. The van der Waals surface area contributed by atoms with Crippen LogP contribution in [-0.2, 0) is 9.59 Å². The molecule has 0 atom stereocenters. The summed E-state index contributed by atoms with van der Waals surface area (Å²) in [6, 6.07) is 6.15. The second kappa shape index (κ2) is 6.59. The van der Waals surface area contributed by atoms with E-state index < -0.39 is 0 Å². The Morgan fingerprint density at radius 2 is 1.33 bits per heavy atom. The number of hydrogen-bond donors (Lipinski definition) is 2. The number of aromatic hydroxyl groups is 2. The molecular formula is C11H14O4. The van der Waals surface area contributed by atoms with Gasteiger partial charge in [0, 0.05) is 0 Å². The van der Waals surface area contributed by atoms with Crippen molar-refractivity contribution in [2.45, 2.75) is 20.3 Å². The largest absolute Gasteiger partial charge is 0.504 e. The van der Waals surface area contributed by atoms with Crippen molar-refractivity contribution in [3.63, 3.8) is 0 Å². The Morgan fingerprint density at radius 1 is 1.00 bits per heavy atom. The molecule has 0 fully saturated rings. The van der Waals surface area contributed by atoms with Crippen LogP contribution in [0.15, 0.2) is 24.3 Å². The van der Waals surface area contributed by atoms with Gasteiger partial charge in [-0.15, -0.1) is 0 Å². The molecule has 1 rings (SSSR count). The zero-order chi connectivity index (χ0) is 11.8. The third kappa shape index (κ3) is 7.25.